The molecule has 0 spiro atoms. The van der Waals surface area contributed by atoms with Gasteiger partial charge in [0.05, 0.1) is 13.7 Å². The van der Waals surface area contributed by atoms with E-state index in [1.54, 1.807) is 18.2 Å². The molecule has 1 rings (SSSR count). The van der Waals surface area contributed by atoms with E-state index in [2.05, 4.69) is 5.32 Å². The van der Waals surface area contributed by atoms with Gasteiger partial charge in [0.1, 0.15) is 0 Å². The minimum atomic E-state index is -0.173. The summed E-state index contributed by atoms with van der Waals surface area (Å²) in [6, 6.07) is 5.10. The Morgan fingerprint density at radius 3 is 2.78 bits per heavy atom. The molecule has 5 nitrogen and oxygen atoms in total. The molecule has 18 heavy (non-hydrogen) atoms. The number of ether oxygens (including phenoxy) is 2. The molecular weight excluding hydrogens is 234 g/mol. The van der Waals surface area contributed by atoms with Gasteiger partial charge in [-0.25, -0.2) is 0 Å². The number of amides is 1. The highest BCUT2D eigenvalue weighted by Crippen LogP contribution is 2.27. The molecule has 0 aromatic heterocycles. The van der Waals surface area contributed by atoms with E-state index in [0.29, 0.717) is 23.6 Å². The average Bonchev–Trinajstić information content (AvgIpc) is 2.42. The first-order valence-corrected chi connectivity index (χ1v) is 5.88. The highest BCUT2D eigenvalue weighted by atomic mass is 16.5. The van der Waals surface area contributed by atoms with Crippen molar-refractivity contribution in [2.24, 2.45) is 0 Å². The maximum Gasteiger partial charge on any atom is 0.257 e. The van der Waals surface area contributed by atoms with E-state index in [4.69, 9.17) is 14.6 Å². The Balaban J connectivity index is 2.62. The lowest BCUT2D eigenvalue weighted by Gasteiger charge is -2.11. The zero-order chi connectivity index (χ0) is 13.4. The summed E-state index contributed by atoms with van der Waals surface area (Å²) < 4.78 is 10.5. The van der Waals surface area contributed by atoms with Gasteiger partial charge in [-0.15, -0.1) is 0 Å². The summed E-state index contributed by atoms with van der Waals surface area (Å²) in [5.41, 5.74) is 0.708. The van der Waals surface area contributed by atoms with Crippen LogP contribution in [0.4, 0.5) is 0 Å². The van der Waals surface area contributed by atoms with E-state index in [1.165, 1.54) is 7.11 Å². The quantitative estimate of drug-likeness (QED) is 0.763. The molecule has 5 heteroatoms. The van der Waals surface area contributed by atoms with Gasteiger partial charge in [-0.2, -0.15) is 0 Å². The van der Waals surface area contributed by atoms with Crippen molar-refractivity contribution in [2.45, 2.75) is 20.0 Å². The number of benzene rings is 1. The number of hydrogen-bond acceptors (Lipinski definition) is 4. The third-order valence-corrected chi connectivity index (χ3v) is 2.34. The van der Waals surface area contributed by atoms with Crippen molar-refractivity contribution in [3.63, 3.8) is 0 Å². The summed E-state index contributed by atoms with van der Waals surface area (Å²) in [5, 5.41) is 11.8. The molecule has 0 heterocycles. The van der Waals surface area contributed by atoms with Gasteiger partial charge in [0.25, 0.3) is 5.91 Å². The average molecular weight is 253 g/mol. The van der Waals surface area contributed by atoms with E-state index in [-0.39, 0.29) is 19.1 Å². The van der Waals surface area contributed by atoms with Gasteiger partial charge in [-0.3, -0.25) is 4.79 Å². The molecule has 0 saturated heterocycles. The number of rotatable bonds is 7. The van der Waals surface area contributed by atoms with E-state index < -0.39 is 0 Å². The van der Waals surface area contributed by atoms with Crippen molar-refractivity contribution in [1.29, 1.82) is 0 Å². The summed E-state index contributed by atoms with van der Waals surface area (Å²) in [6.07, 6.45) is 0.884. The second-order valence-electron chi connectivity index (χ2n) is 3.78. The van der Waals surface area contributed by atoms with E-state index in [0.717, 1.165) is 6.42 Å². The maximum atomic E-state index is 11.4. The van der Waals surface area contributed by atoms with Gasteiger partial charge in [0.2, 0.25) is 0 Å². The Morgan fingerprint density at radius 2 is 2.17 bits per heavy atom. The first-order chi connectivity index (χ1) is 8.71. The molecule has 0 saturated carbocycles. The number of hydrogen-bond donors (Lipinski definition) is 2. The third kappa shape index (κ3) is 4.25. The van der Waals surface area contributed by atoms with Crippen LogP contribution in [-0.4, -0.2) is 31.3 Å². The van der Waals surface area contributed by atoms with Crippen molar-refractivity contribution >= 4 is 5.91 Å². The number of methoxy groups -OCH3 is 1. The zero-order valence-corrected chi connectivity index (χ0v) is 10.7. The molecule has 1 aromatic carbocycles. The predicted octanol–water partition coefficient (Wildman–Crippen LogP) is 1.09. The zero-order valence-electron chi connectivity index (χ0n) is 10.7. The molecule has 0 aliphatic rings. The van der Waals surface area contributed by atoms with E-state index >= 15 is 0 Å². The summed E-state index contributed by atoms with van der Waals surface area (Å²) in [6.45, 7) is 2.47. The Labute approximate surface area is 107 Å². The molecular formula is C13H19NO4. The summed E-state index contributed by atoms with van der Waals surface area (Å²) >= 11 is 0. The van der Waals surface area contributed by atoms with Crippen molar-refractivity contribution < 1.29 is 19.4 Å². The van der Waals surface area contributed by atoms with Crippen LogP contribution in [-0.2, 0) is 11.4 Å². The van der Waals surface area contributed by atoms with Crippen LogP contribution in [0.3, 0.4) is 0 Å². The van der Waals surface area contributed by atoms with Gasteiger partial charge < -0.3 is 19.9 Å². The maximum absolute atomic E-state index is 11.4. The van der Waals surface area contributed by atoms with Crippen molar-refractivity contribution in [1.82, 2.24) is 5.32 Å². The second-order valence-corrected chi connectivity index (χ2v) is 3.78. The van der Waals surface area contributed by atoms with Crippen molar-refractivity contribution in [3.8, 4) is 11.5 Å². The van der Waals surface area contributed by atoms with Crippen molar-refractivity contribution in [2.75, 3.05) is 20.3 Å². The smallest absolute Gasteiger partial charge is 0.257 e. The summed E-state index contributed by atoms with van der Waals surface area (Å²) in [7, 11) is 1.53. The van der Waals surface area contributed by atoms with Gasteiger partial charge in [0, 0.05) is 6.54 Å². The lowest BCUT2D eigenvalue weighted by molar-refractivity contribution is -0.123. The molecule has 0 unspecified atom stereocenters. The Kier molecular flexibility index (Phi) is 6.00. The topological polar surface area (TPSA) is 67.8 Å². The highest BCUT2D eigenvalue weighted by Gasteiger charge is 2.08. The van der Waals surface area contributed by atoms with Crippen LogP contribution in [0.1, 0.15) is 18.9 Å². The van der Waals surface area contributed by atoms with Gasteiger partial charge >= 0.3 is 0 Å². The molecule has 0 atom stereocenters. The fourth-order valence-corrected chi connectivity index (χ4v) is 1.39. The minimum Gasteiger partial charge on any atom is -0.493 e. The van der Waals surface area contributed by atoms with Crippen LogP contribution in [0.15, 0.2) is 18.2 Å². The lowest BCUT2D eigenvalue weighted by atomic mass is 10.2. The molecule has 100 valence electrons. The molecule has 0 aliphatic carbocycles. The number of carbonyl (C=O) groups excluding carboxylic acids is 1. The van der Waals surface area contributed by atoms with Gasteiger partial charge in [-0.05, 0) is 24.1 Å². The van der Waals surface area contributed by atoms with Crippen molar-refractivity contribution in [3.05, 3.63) is 23.8 Å². The molecule has 0 aliphatic heterocycles. The molecule has 0 fully saturated rings. The Hall–Kier alpha value is -1.75. The van der Waals surface area contributed by atoms with Crippen LogP contribution in [0.25, 0.3) is 0 Å². The highest BCUT2D eigenvalue weighted by molar-refractivity contribution is 5.77. The second kappa shape index (κ2) is 7.55. The summed E-state index contributed by atoms with van der Waals surface area (Å²) in [5.74, 6) is 0.819. The van der Waals surface area contributed by atoms with E-state index in [1.807, 2.05) is 6.92 Å². The molecule has 0 radical (unpaired) electrons. The fourth-order valence-electron chi connectivity index (χ4n) is 1.39. The third-order valence-electron chi connectivity index (χ3n) is 2.34. The molecule has 0 bridgehead atoms. The number of nitrogens with one attached hydrogen (secondary N) is 1. The first kappa shape index (κ1) is 14.3. The van der Waals surface area contributed by atoms with Gasteiger partial charge in [-0.1, -0.05) is 13.0 Å². The van der Waals surface area contributed by atoms with Crippen LogP contribution < -0.4 is 14.8 Å². The lowest BCUT2D eigenvalue weighted by Crippen LogP contribution is -2.29. The normalized spacial score (nSPS) is 9.94. The van der Waals surface area contributed by atoms with Crippen LogP contribution in [0.5, 0.6) is 11.5 Å². The number of aliphatic hydroxyl groups excluding tert-OH is 1. The SMILES string of the molecule is CCCNC(=O)COc1cc(CO)ccc1OC. The standard InChI is InChI=1S/C13H19NO4/c1-3-6-14-13(16)9-18-12-7-10(8-15)4-5-11(12)17-2/h4-5,7,15H,3,6,8-9H2,1-2H3,(H,14,16). The first-order valence-electron chi connectivity index (χ1n) is 5.88. The predicted molar refractivity (Wildman–Crippen MR) is 67.7 cm³/mol. The Bertz CT molecular complexity index is 393. The monoisotopic (exact) mass is 253 g/mol. The van der Waals surface area contributed by atoms with Crippen LogP contribution in [0.2, 0.25) is 0 Å². The van der Waals surface area contributed by atoms with Crippen LogP contribution >= 0.6 is 0 Å². The Morgan fingerprint density at radius 1 is 1.39 bits per heavy atom. The van der Waals surface area contributed by atoms with Gasteiger partial charge in [0.15, 0.2) is 18.1 Å². The number of carbonyl (C=O) groups is 1. The molecule has 1 aromatic rings. The van der Waals surface area contributed by atoms with E-state index in [9.17, 15) is 4.79 Å². The largest absolute Gasteiger partial charge is 0.493 e. The minimum absolute atomic E-state index is 0.0642. The van der Waals surface area contributed by atoms with Crippen LogP contribution in [0, 0.1) is 0 Å². The summed E-state index contributed by atoms with van der Waals surface area (Å²) in [4.78, 5) is 11.4. The number of aliphatic hydroxyl groups is 1. The molecule has 2 N–H and O–H groups in total. The molecule has 1 amide bonds. The fraction of sp³-hybridized carbons (Fsp3) is 0.462.